The predicted molar refractivity (Wildman–Crippen MR) is 103 cm³/mol. The molecular formula is C20H27N5O2. The molecule has 0 bridgehead atoms. The molecule has 0 spiro atoms. The molecule has 1 aromatic heterocycles. The van der Waals surface area contributed by atoms with Crippen LogP contribution in [0.5, 0.6) is 0 Å². The molecular weight excluding hydrogens is 342 g/mol. The highest BCUT2D eigenvalue weighted by atomic mass is 16.2. The monoisotopic (exact) mass is 369 g/mol. The normalized spacial score (nSPS) is 22.9. The van der Waals surface area contributed by atoms with Crippen LogP contribution in [0.4, 0.5) is 0 Å². The summed E-state index contributed by atoms with van der Waals surface area (Å²) in [5.41, 5.74) is 2.54. The molecule has 7 heteroatoms. The van der Waals surface area contributed by atoms with Gasteiger partial charge in [0.05, 0.1) is 23.3 Å². The Morgan fingerprint density at radius 1 is 1.30 bits per heavy atom. The van der Waals surface area contributed by atoms with Gasteiger partial charge in [-0.05, 0) is 62.8 Å². The molecule has 2 atom stereocenters. The summed E-state index contributed by atoms with van der Waals surface area (Å²) in [5, 5.41) is 14.3. The Labute approximate surface area is 158 Å². The van der Waals surface area contributed by atoms with E-state index in [2.05, 4.69) is 20.8 Å². The number of aryl methyl sites for hydroxylation is 1. The summed E-state index contributed by atoms with van der Waals surface area (Å²) in [6.45, 7) is 4.99. The first-order valence-corrected chi connectivity index (χ1v) is 9.86. The zero-order valence-electron chi connectivity index (χ0n) is 15.8. The number of piperidine rings is 1. The Hall–Kier alpha value is -2.41. The molecule has 2 aliphatic heterocycles. The topological polar surface area (TPSA) is 90.1 Å². The van der Waals surface area contributed by atoms with E-state index in [-0.39, 0.29) is 17.9 Å². The van der Waals surface area contributed by atoms with Crippen molar-refractivity contribution in [2.24, 2.45) is 5.92 Å². The second-order valence-electron chi connectivity index (χ2n) is 7.80. The van der Waals surface area contributed by atoms with Gasteiger partial charge in [-0.25, -0.2) is 0 Å². The van der Waals surface area contributed by atoms with Crippen LogP contribution in [0, 0.1) is 12.8 Å². The molecule has 1 aromatic carbocycles. The van der Waals surface area contributed by atoms with Crippen molar-refractivity contribution in [2.75, 3.05) is 26.2 Å². The smallest absolute Gasteiger partial charge is 0.256 e. The van der Waals surface area contributed by atoms with Crippen LogP contribution in [0.3, 0.4) is 0 Å². The number of aromatic amines is 1. The molecule has 27 heavy (non-hydrogen) atoms. The number of H-pyrrole nitrogens is 1. The maximum Gasteiger partial charge on any atom is 0.256 e. The lowest BCUT2D eigenvalue weighted by Gasteiger charge is -2.33. The van der Waals surface area contributed by atoms with Gasteiger partial charge in [-0.1, -0.05) is 0 Å². The molecule has 2 amide bonds. The number of carbonyl (C=O) groups excluding carboxylic acids is 2. The standard InChI is InChI=1S/C20H27N5O2/c1-13-8-15-11-23-24-18(15)16(9-13)20(27)25-7-3-4-14(12-25)10-22-19(26)17-5-2-6-21-17/h8-9,11,14,17,21H,2-7,10,12H2,1H3,(H,22,26)(H,23,24). The van der Waals surface area contributed by atoms with Gasteiger partial charge in [0.25, 0.3) is 5.91 Å². The molecule has 3 N–H and O–H groups in total. The number of benzene rings is 1. The second kappa shape index (κ2) is 7.68. The molecule has 2 aromatic rings. The van der Waals surface area contributed by atoms with Crippen molar-refractivity contribution < 1.29 is 9.59 Å². The largest absolute Gasteiger partial charge is 0.354 e. The zero-order valence-corrected chi connectivity index (χ0v) is 15.8. The first-order chi connectivity index (χ1) is 13.1. The summed E-state index contributed by atoms with van der Waals surface area (Å²) in [4.78, 5) is 27.3. The second-order valence-corrected chi connectivity index (χ2v) is 7.80. The van der Waals surface area contributed by atoms with E-state index in [0.717, 1.165) is 55.2 Å². The lowest BCUT2D eigenvalue weighted by molar-refractivity contribution is -0.123. The summed E-state index contributed by atoms with van der Waals surface area (Å²) in [6.07, 6.45) is 5.73. The van der Waals surface area contributed by atoms with Gasteiger partial charge in [-0.3, -0.25) is 14.7 Å². The van der Waals surface area contributed by atoms with E-state index in [1.54, 1.807) is 6.20 Å². The number of hydrogen-bond acceptors (Lipinski definition) is 4. The van der Waals surface area contributed by atoms with Crippen molar-refractivity contribution in [1.29, 1.82) is 0 Å². The third kappa shape index (κ3) is 3.83. The van der Waals surface area contributed by atoms with Gasteiger partial charge in [0, 0.05) is 25.0 Å². The summed E-state index contributed by atoms with van der Waals surface area (Å²) < 4.78 is 0. The van der Waals surface area contributed by atoms with Gasteiger partial charge in [0.2, 0.25) is 5.91 Å². The van der Waals surface area contributed by atoms with Crippen LogP contribution in [0.25, 0.3) is 10.9 Å². The van der Waals surface area contributed by atoms with Crippen LogP contribution in [-0.4, -0.2) is 59.1 Å². The molecule has 4 rings (SSSR count). The molecule has 0 saturated carbocycles. The Kier molecular flexibility index (Phi) is 5.11. The van der Waals surface area contributed by atoms with Gasteiger partial charge in [-0.2, -0.15) is 5.10 Å². The van der Waals surface area contributed by atoms with Crippen LogP contribution in [-0.2, 0) is 4.79 Å². The van der Waals surface area contributed by atoms with E-state index in [1.807, 2.05) is 24.0 Å². The van der Waals surface area contributed by atoms with E-state index in [1.165, 1.54) is 0 Å². The lowest BCUT2D eigenvalue weighted by atomic mass is 9.96. The molecule has 2 fully saturated rings. The molecule has 3 heterocycles. The van der Waals surface area contributed by atoms with Crippen molar-refractivity contribution in [3.8, 4) is 0 Å². The van der Waals surface area contributed by atoms with E-state index >= 15 is 0 Å². The molecule has 2 aliphatic rings. The number of likely N-dealkylation sites (tertiary alicyclic amines) is 1. The first kappa shape index (κ1) is 18.0. The fourth-order valence-electron chi connectivity index (χ4n) is 4.24. The Morgan fingerprint density at radius 3 is 3.00 bits per heavy atom. The third-order valence-corrected chi connectivity index (χ3v) is 5.67. The maximum atomic E-state index is 13.1. The number of fused-ring (bicyclic) bond motifs is 1. The molecule has 2 saturated heterocycles. The number of rotatable bonds is 4. The number of hydrogen-bond donors (Lipinski definition) is 3. The number of amides is 2. The number of nitrogens with one attached hydrogen (secondary N) is 3. The van der Waals surface area contributed by atoms with Gasteiger partial charge in [0.1, 0.15) is 0 Å². The predicted octanol–water partition coefficient (Wildman–Crippen LogP) is 1.59. The van der Waals surface area contributed by atoms with Crippen molar-refractivity contribution in [2.45, 2.75) is 38.6 Å². The minimum absolute atomic E-state index is 0.0430. The average Bonchev–Trinajstić information content (AvgIpc) is 3.36. The SMILES string of the molecule is Cc1cc(C(=O)N2CCCC(CNC(=O)C3CCCN3)C2)c2[nH]ncc2c1. The number of nitrogens with zero attached hydrogens (tertiary/aromatic N) is 2. The van der Waals surface area contributed by atoms with Crippen LogP contribution < -0.4 is 10.6 Å². The maximum absolute atomic E-state index is 13.1. The average molecular weight is 369 g/mol. The van der Waals surface area contributed by atoms with Crippen LogP contribution >= 0.6 is 0 Å². The molecule has 0 aliphatic carbocycles. The highest BCUT2D eigenvalue weighted by Crippen LogP contribution is 2.23. The van der Waals surface area contributed by atoms with E-state index in [9.17, 15) is 9.59 Å². The fraction of sp³-hybridized carbons (Fsp3) is 0.550. The minimum atomic E-state index is -0.0488. The molecule has 144 valence electrons. The van der Waals surface area contributed by atoms with Crippen molar-refractivity contribution >= 4 is 22.7 Å². The van der Waals surface area contributed by atoms with Crippen molar-refractivity contribution in [3.05, 3.63) is 29.5 Å². The Balaban J connectivity index is 1.40. The fourth-order valence-corrected chi connectivity index (χ4v) is 4.24. The summed E-state index contributed by atoms with van der Waals surface area (Å²) in [5.74, 6) is 0.436. The van der Waals surface area contributed by atoms with E-state index in [4.69, 9.17) is 0 Å². The van der Waals surface area contributed by atoms with Gasteiger partial charge in [0.15, 0.2) is 0 Å². The van der Waals surface area contributed by atoms with Gasteiger partial charge < -0.3 is 15.5 Å². The number of carbonyl (C=O) groups is 2. The van der Waals surface area contributed by atoms with Gasteiger partial charge >= 0.3 is 0 Å². The molecule has 0 radical (unpaired) electrons. The summed E-state index contributed by atoms with van der Waals surface area (Å²) in [7, 11) is 0. The Bertz CT molecular complexity index is 840. The highest BCUT2D eigenvalue weighted by Gasteiger charge is 2.28. The summed E-state index contributed by atoms with van der Waals surface area (Å²) in [6, 6.07) is 3.91. The van der Waals surface area contributed by atoms with E-state index in [0.29, 0.717) is 24.6 Å². The quantitative estimate of drug-likeness (QED) is 0.763. The zero-order chi connectivity index (χ0) is 18.8. The van der Waals surface area contributed by atoms with Crippen molar-refractivity contribution in [3.63, 3.8) is 0 Å². The number of aromatic nitrogens is 2. The molecule has 2 unspecified atom stereocenters. The Morgan fingerprint density at radius 2 is 2.19 bits per heavy atom. The van der Waals surface area contributed by atoms with Crippen LogP contribution in [0.1, 0.15) is 41.6 Å². The highest BCUT2D eigenvalue weighted by molar-refractivity contribution is 6.05. The molecule has 7 nitrogen and oxygen atoms in total. The van der Waals surface area contributed by atoms with Gasteiger partial charge in [-0.15, -0.1) is 0 Å². The first-order valence-electron chi connectivity index (χ1n) is 9.86. The lowest BCUT2D eigenvalue weighted by Crippen LogP contribution is -2.46. The summed E-state index contributed by atoms with van der Waals surface area (Å²) >= 11 is 0. The van der Waals surface area contributed by atoms with Crippen LogP contribution in [0.15, 0.2) is 18.3 Å². The minimum Gasteiger partial charge on any atom is -0.354 e. The third-order valence-electron chi connectivity index (χ3n) is 5.67. The van der Waals surface area contributed by atoms with E-state index < -0.39 is 0 Å². The van der Waals surface area contributed by atoms with Crippen LogP contribution in [0.2, 0.25) is 0 Å². The van der Waals surface area contributed by atoms with Crippen molar-refractivity contribution in [1.82, 2.24) is 25.7 Å².